The minimum Gasteiger partial charge on any atom is -0.373 e. The van der Waals surface area contributed by atoms with Gasteiger partial charge < -0.3 is 4.74 Å². The molecular formula is C26H31N3O2S. The number of hydrogen-bond donors (Lipinski definition) is 0. The molecule has 0 unspecified atom stereocenters. The minimum absolute atomic E-state index is 0.0109. The Kier molecular flexibility index (Phi) is 7.68. The Morgan fingerprint density at radius 1 is 1.12 bits per heavy atom. The summed E-state index contributed by atoms with van der Waals surface area (Å²) in [5.41, 5.74) is 4.33. The van der Waals surface area contributed by atoms with Crippen LogP contribution in [0, 0.1) is 0 Å². The van der Waals surface area contributed by atoms with Crippen LogP contribution in [0.2, 0.25) is 0 Å². The number of ether oxygens (including phenoxy) is 1. The Bertz CT molecular complexity index is 1010. The van der Waals surface area contributed by atoms with Crippen molar-refractivity contribution in [3.8, 4) is 0 Å². The largest absolute Gasteiger partial charge is 0.373 e. The Morgan fingerprint density at radius 2 is 1.84 bits per heavy atom. The van der Waals surface area contributed by atoms with Gasteiger partial charge in [-0.1, -0.05) is 55.5 Å². The molecule has 32 heavy (non-hydrogen) atoms. The molecule has 0 saturated carbocycles. The van der Waals surface area contributed by atoms with Crippen molar-refractivity contribution in [1.29, 1.82) is 0 Å². The van der Waals surface area contributed by atoms with Crippen molar-refractivity contribution >= 4 is 28.1 Å². The molecule has 1 amide bonds. The molecule has 0 radical (unpaired) electrons. The number of thiazole rings is 1. The first-order chi connectivity index (χ1) is 15.6. The van der Waals surface area contributed by atoms with Gasteiger partial charge in [-0.3, -0.25) is 14.6 Å². The van der Waals surface area contributed by atoms with Crippen molar-refractivity contribution in [3.63, 3.8) is 0 Å². The lowest BCUT2D eigenvalue weighted by Gasteiger charge is -2.31. The molecule has 168 valence electrons. The lowest BCUT2D eigenvalue weighted by atomic mass is 10.1. The SMILES string of the molecule is CCc1ccccc1N(C(C)=O)c1nc(CN2CCC(OCc3ccccc3)CC2)cs1. The van der Waals surface area contributed by atoms with Crippen molar-refractivity contribution in [2.45, 2.75) is 52.4 Å². The van der Waals surface area contributed by atoms with Gasteiger partial charge in [0.2, 0.25) is 5.91 Å². The van der Waals surface area contributed by atoms with Gasteiger partial charge in [0.05, 0.1) is 24.1 Å². The quantitative estimate of drug-likeness (QED) is 0.451. The zero-order valence-corrected chi connectivity index (χ0v) is 19.7. The second kappa shape index (κ2) is 10.9. The number of nitrogens with zero attached hydrogens (tertiary/aromatic N) is 3. The van der Waals surface area contributed by atoms with Crippen LogP contribution in [0.15, 0.2) is 60.0 Å². The number of carbonyl (C=O) groups is 1. The van der Waals surface area contributed by atoms with E-state index in [1.807, 2.05) is 24.3 Å². The zero-order valence-electron chi connectivity index (χ0n) is 18.9. The lowest BCUT2D eigenvalue weighted by molar-refractivity contribution is -0.115. The first kappa shape index (κ1) is 22.6. The molecule has 0 bridgehead atoms. The van der Waals surface area contributed by atoms with E-state index in [1.165, 1.54) is 16.9 Å². The molecule has 1 aromatic heterocycles. The average molecular weight is 450 g/mol. The third-order valence-corrected chi connectivity index (χ3v) is 6.78. The maximum Gasteiger partial charge on any atom is 0.230 e. The first-order valence-corrected chi connectivity index (χ1v) is 12.2. The van der Waals surface area contributed by atoms with Crippen LogP contribution >= 0.6 is 11.3 Å². The molecular weight excluding hydrogens is 418 g/mol. The molecule has 5 nitrogen and oxygen atoms in total. The van der Waals surface area contributed by atoms with E-state index in [9.17, 15) is 4.79 Å². The molecule has 0 aliphatic carbocycles. The maximum atomic E-state index is 12.5. The van der Waals surface area contributed by atoms with Gasteiger partial charge in [0.25, 0.3) is 0 Å². The molecule has 0 atom stereocenters. The summed E-state index contributed by atoms with van der Waals surface area (Å²) in [5.74, 6) is -0.0109. The number of amides is 1. The normalized spacial score (nSPS) is 15.1. The fraction of sp³-hybridized carbons (Fsp3) is 0.385. The zero-order chi connectivity index (χ0) is 22.3. The number of piperidine rings is 1. The number of anilines is 2. The van der Waals surface area contributed by atoms with Crippen molar-refractivity contribution < 1.29 is 9.53 Å². The summed E-state index contributed by atoms with van der Waals surface area (Å²) >= 11 is 1.54. The summed E-state index contributed by atoms with van der Waals surface area (Å²) in [4.78, 5) is 21.5. The third kappa shape index (κ3) is 5.63. The summed E-state index contributed by atoms with van der Waals surface area (Å²) in [7, 11) is 0. The van der Waals surface area contributed by atoms with Crippen LogP contribution in [0.1, 0.15) is 43.5 Å². The highest BCUT2D eigenvalue weighted by atomic mass is 32.1. The number of benzene rings is 2. The van der Waals surface area contributed by atoms with E-state index in [0.29, 0.717) is 12.7 Å². The molecule has 1 aliphatic heterocycles. The van der Waals surface area contributed by atoms with Crippen LogP contribution in [-0.4, -0.2) is 35.0 Å². The van der Waals surface area contributed by atoms with E-state index >= 15 is 0 Å². The lowest BCUT2D eigenvalue weighted by Crippen LogP contribution is -2.36. The Labute approximate surface area is 194 Å². The van der Waals surface area contributed by atoms with Gasteiger partial charge in [0.1, 0.15) is 0 Å². The predicted octanol–water partition coefficient (Wildman–Crippen LogP) is 5.57. The van der Waals surface area contributed by atoms with Crippen LogP contribution in [0.4, 0.5) is 10.8 Å². The van der Waals surface area contributed by atoms with E-state index in [-0.39, 0.29) is 5.91 Å². The average Bonchev–Trinajstić information content (AvgIpc) is 3.27. The van der Waals surface area contributed by atoms with E-state index in [1.54, 1.807) is 11.8 Å². The second-order valence-corrected chi connectivity index (χ2v) is 9.07. The Morgan fingerprint density at radius 3 is 2.56 bits per heavy atom. The number of aromatic nitrogens is 1. The van der Waals surface area contributed by atoms with Gasteiger partial charge >= 0.3 is 0 Å². The van der Waals surface area contributed by atoms with Crippen LogP contribution in [-0.2, 0) is 29.1 Å². The van der Waals surface area contributed by atoms with Crippen molar-refractivity contribution in [1.82, 2.24) is 9.88 Å². The Hall–Kier alpha value is -2.54. The van der Waals surface area contributed by atoms with Crippen LogP contribution < -0.4 is 4.90 Å². The molecule has 4 rings (SSSR count). The highest BCUT2D eigenvalue weighted by Gasteiger charge is 2.23. The van der Waals surface area contributed by atoms with E-state index in [0.717, 1.165) is 61.0 Å². The molecule has 1 aliphatic rings. The third-order valence-electron chi connectivity index (χ3n) is 5.91. The summed E-state index contributed by atoms with van der Waals surface area (Å²) < 4.78 is 6.12. The number of hydrogen-bond acceptors (Lipinski definition) is 5. The van der Waals surface area contributed by atoms with Crippen molar-refractivity contribution in [3.05, 3.63) is 76.8 Å². The maximum absolute atomic E-state index is 12.5. The first-order valence-electron chi connectivity index (χ1n) is 11.3. The smallest absolute Gasteiger partial charge is 0.230 e. The number of aryl methyl sites for hydroxylation is 1. The standard InChI is InChI=1S/C26H31N3O2S/c1-3-22-11-7-8-12-25(22)29(20(2)30)26-27-23(19-32-26)17-28-15-13-24(14-16-28)31-18-21-9-5-4-6-10-21/h4-12,19,24H,3,13-18H2,1-2H3. The molecule has 6 heteroatoms. The van der Waals surface area contributed by atoms with Crippen LogP contribution in [0.25, 0.3) is 0 Å². The number of carbonyl (C=O) groups excluding carboxylic acids is 1. The summed E-state index contributed by atoms with van der Waals surface area (Å²) in [6, 6.07) is 18.4. The molecule has 1 saturated heterocycles. The van der Waals surface area contributed by atoms with Crippen molar-refractivity contribution in [2.24, 2.45) is 0 Å². The van der Waals surface area contributed by atoms with Gasteiger partial charge in [-0.2, -0.15) is 0 Å². The van der Waals surface area contributed by atoms with Gasteiger partial charge in [0.15, 0.2) is 5.13 Å². The topological polar surface area (TPSA) is 45.7 Å². The molecule has 3 aromatic rings. The van der Waals surface area contributed by atoms with Gasteiger partial charge in [-0.25, -0.2) is 4.98 Å². The van der Waals surface area contributed by atoms with Gasteiger partial charge in [0, 0.05) is 31.9 Å². The van der Waals surface area contributed by atoms with E-state index in [4.69, 9.17) is 9.72 Å². The van der Waals surface area contributed by atoms with Crippen molar-refractivity contribution in [2.75, 3.05) is 18.0 Å². The predicted molar refractivity (Wildman–Crippen MR) is 130 cm³/mol. The summed E-state index contributed by atoms with van der Waals surface area (Å²) in [5, 5.41) is 2.83. The van der Waals surface area contributed by atoms with Crippen LogP contribution in [0.3, 0.4) is 0 Å². The van der Waals surface area contributed by atoms with Gasteiger partial charge in [-0.05, 0) is 36.5 Å². The highest BCUT2D eigenvalue weighted by Crippen LogP contribution is 2.32. The second-order valence-electron chi connectivity index (χ2n) is 8.23. The summed E-state index contributed by atoms with van der Waals surface area (Å²) in [6.45, 7) is 7.21. The van der Waals surface area contributed by atoms with E-state index in [2.05, 4.69) is 47.5 Å². The number of rotatable bonds is 8. The number of likely N-dealkylation sites (tertiary alicyclic amines) is 1. The molecule has 2 aromatic carbocycles. The fourth-order valence-electron chi connectivity index (χ4n) is 4.16. The van der Waals surface area contributed by atoms with E-state index < -0.39 is 0 Å². The summed E-state index contributed by atoms with van der Waals surface area (Å²) in [6.07, 6.45) is 3.26. The van der Waals surface area contributed by atoms with Gasteiger partial charge in [-0.15, -0.1) is 11.3 Å². The fourth-order valence-corrected chi connectivity index (χ4v) is 5.03. The molecule has 1 fully saturated rings. The minimum atomic E-state index is -0.0109. The Balaban J connectivity index is 1.33. The highest BCUT2D eigenvalue weighted by molar-refractivity contribution is 7.14. The molecule has 0 N–H and O–H groups in total. The monoisotopic (exact) mass is 449 g/mol. The van der Waals surface area contributed by atoms with Crippen LogP contribution in [0.5, 0.6) is 0 Å². The molecule has 0 spiro atoms. The molecule has 2 heterocycles. The number of para-hydroxylation sites is 1.